The Balaban J connectivity index is 2.09. The third-order valence-electron chi connectivity index (χ3n) is 2.67. The summed E-state index contributed by atoms with van der Waals surface area (Å²) < 4.78 is 7.00. The van der Waals surface area contributed by atoms with E-state index in [0.717, 1.165) is 13.0 Å². The fourth-order valence-electron chi connectivity index (χ4n) is 1.83. The molecule has 16 heavy (non-hydrogen) atoms. The van der Waals surface area contributed by atoms with Crippen LogP contribution in [0, 0.1) is 0 Å². The van der Waals surface area contributed by atoms with E-state index in [0.29, 0.717) is 32.0 Å². The first-order valence-corrected chi connectivity index (χ1v) is 5.71. The van der Waals surface area contributed by atoms with Gasteiger partial charge in [-0.3, -0.25) is 9.48 Å². The molecular formula is C11H17N3O2. The number of amides is 1. The van der Waals surface area contributed by atoms with Crippen LogP contribution in [0.2, 0.25) is 0 Å². The van der Waals surface area contributed by atoms with Gasteiger partial charge in [0.1, 0.15) is 5.69 Å². The summed E-state index contributed by atoms with van der Waals surface area (Å²) in [6.07, 6.45) is 2.66. The van der Waals surface area contributed by atoms with Crippen LogP contribution in [-0.2, 0) is 11.3 Å². The van der Waals surface area contributed by atoms with Crippen LogP contribution >= 0.6 is 0 Å². The molecule has 88 valence electrons. The summed E-state index contributed by atoms with van der Waals surface area (Å²) in [6, 6.07) is 1.79. The molecule has 0 bridgehead atoms. The second-order valence-corrected chi connectivity index (χ2v) is 3.84. The van der Waals surface area contributed by atoms with Gasteiger partial charge in [0.25, 0.3) is 5.91 Å². The Morgan fingerprint density at radius 1 is 1.50 bits per heavy atom. The number of hydrogen-bond acceptors (Lipinski definition) is 3. The van der Waals surface area contributed by atoms with Gasteiger partial charge in [0.15, 0.2) is 0 Å². The summed E-state index contributed by atoms with van der Waals surface area (Å²) in [5.41, 5.74) is 0.684. The molecule has 2 heterocycles. The van der Waals surface area contributed by atoms with E-state index in [1.54, 1.807) is 16.9 Å². The van der Waals surface area contributed by atoms with Crippen LogP contribution in [0.4, 0.5) is 0 Å². The summed E-state index contributed by atoms with van der Waals surface area (Å²) in [5.74, 6) is 0.0641. The standard InChI is InChI=1S/C11H17N3O2/c1-2-5-14-10(3-4-12-14)11(15)13-6-8-16-9-7-13/h3-4H,2,5-9H2,1H3. The maximum Gasteiger partial charge on any atom is 0.272 e. The molecule has 0 unspecified atom stereocenters. The molecule has 5 nitrogen and oxygen atoms in total. The van der Waals surface area contributed by atoms with Gasteiger partial charge >= 0.3 is 0 Å². The molecular weight excluding hydrogens is 206 g/mol. The van der Waals surface area contributed by atoms with Gasteiger partial charge in [0.2, 0.25) is 0 Å². The molecule has 5 heteroatoms. The first kappa shape index (κ1) is 11.1. The maximum atomic E-state index is 12.2. The SMILES string of the molecule is CCCn1nccc1C(=O)N1CCOCC1. The van der Waals surface area contributed by atoms with Crippen molar-refractivity contribution in [3.63, 3.8) is 0 Å². The molecule has 0 spiro atoms. The van der Waals surface area contributed by atoms with E-state index in [-0.39, 0.29) is 5.91 Å². The smallest absolute Gasteiger partial charge is 0.272 e. The number of rotatable bonds is 3. The average Bonchev–Trinajstić information content (AvgIpc) is 2.78. The summed E-state index contributed by atoms with van der Waals surface area (Å²) >= 11 is 0. The second kappa shape index (κ2) is 5.12. The third-order valence-corrected chi connectivity index (χ3v) is 2.67. The molecule has 1 aliphatic rings. The summed E-state index contributed by atoms with van der Waals surface area (Å²) in [7, 11) is 0. The zero-order valence-electron chi connectivity index (χ0n) is 9.56. The lowest BCUT2D eigenvalue weighted by atomic mass is 10.3. The van der Waals surface area contributed by atoms with Crippen molar-refractivity contribution < 1.29 is 9.53 Å². The van der Waals surface area contributed by atoms with E-state index in [9.17, 15) is 4.79 Å². The Labute approximate surface area is 95.0 Å². The highest BCUT2D eigenvalue weighted by Crippen LogP contribution is 2.07. The van der Waals surface area contributed by atoms with E-state index >= 15 is 0 Å². The number of hydrogen-bond donors (Lipinski definition) is 0. The maximum absolute atomic E-state index is 12.2. The number of nitrogens with zero attached hydrogens (tertiary/aromatic N) is 3. The molecule has 0 radical (unpaired) electrons. The number of ether oxygens (including phenoxy) is 1. The van der Waals surface area contributed by atoms with E-state index in [2.05, 4.69) is 12.0 Å². The molecule has 0 atom stereocenters. The third kappa shape index (κ3) is 2.24. The van der Waals surface area contributed by atoms with Gasteiger partial charge in [-0.1, -0.05) is 6.92 Å². The minimum Gasteiger partial charge on any atom is -0.378 e. The molecule has 1 fully saturated rings. The van der Waals surface area contributed by atoms with Crippen LogP contribution < -0.4 is 0 Å². The first-order valence-electron chi connectivity index (χ1n) is 5.71. The van der Waals surface area contributed by atoms with Crippen molar-refractivity contribution in [2.75, 3.05) is 26.3 Å². The quantitative estimate of drug-likeness (QED) is 0.760. The lowest BCUT2D eigenvalue weighted by Crippen LogP contribution is -2.41. The molecule has 0 N–H and O–H groups in total. The fraction of sp³-hybridized carbons (Fsp3) is 0.636. The zero-order chi connectivity index (χ0) is 11.4. The van der Waals surface area contributed by atoms with Crippen LogP contribution in [0.5, 0.6) is 0 Å². The second-order valence-electron chi connectivity index (χ2n) is 3.84. The molecule has 1 aromatic heterocycles. The van der Waals surface area contributed by atoms with E-state index in [4.69, 9.17) is 4.74 Å². The molecule has 0 aromatic carbocycles. The van der Waals surface area contributed by atoms with Crippen LogP contribution in [0.1, 0.15) is 23.8 Å². The summed E-state index contributed by atoms with van der Waals surface area (Å²) in [4.78, 5) is 14.0. The minimum atomic E-state index is 0.0641. The van der Waals surface area contributed by atoms with Gasteiger partial charge in [0, 0.05) is 25.8 Å². The Morgan fingerprint density at radius 2 is 2.25 bits per heavy atom. The van der Waals surface area contributed by atoms with Gasteiger partial charge in [-0.15, -0.1) is 0 Å². The number of aryl methyl sites for hydroxylation is 1. The van der Waals surface area contributed by atoms with Crippen molar-refractivity contribution >= 4 is 5.91 Å². The predicted octanol–water partition coefficient (Wildman–Crippen LogP) is 0.766. The molecule has 1 amide bonds. The topological polar surface area (TPSA) is 47.4 Å². The van der Waals surface area contributed by atoms with E-state index < -0.39 is 0 Å². The molecule has 0 aliphatic carbocycles. The van der Waals surface area contributed by atoms with Crippen molar-refractivity contribution in [1.29, 1.82) is 0 Å². The minimum absolute atomic E-state index is 0.0641. The monoisotopic (exact) mass is 223 g/mol. The van der Waals surface area contributed by atoms with Gasteiger partial charge in [-0.05, 0) is 12.5 Å². The highest BCUT2D eigenvalue weighted by Gasteiger charge is 2.21. The van der Waals surface area contributed by atoms with Crippen molar-refractivity contribution in [3.8, 4) is 0 Å². The number of carbonyl (C=O) groups excluding carboxylic acids is 1. The molecule has 1 aliphatic heterocycles. The first-order chi connectivity index (χ1) is 7.83. The fourth-order valence-corrected chi connectivity index (χ4v) is 1.83. The van der Waals surface area contributed by atoms with Crippen LogP contribution in [0.3, 0.4) is 0 Å². The lowest BCUT2D eigenvalue weighted by molar-refractivity contribution is 0.0294. The van der Waals surface area contributed by atoms with Gasteiger partial charge < -0.3 is 9.64 Å². The number of carbonyl (C=O) groups is 1. The van der Waals surface area contributed by atoms with Gasteiger partial charge in [0.05, 0.1) is 13.2 Å². The Kier molecular flexibility index (Phi) is 3.56. The normalized spacial score (nSPS) is 16.4. The van der Waals surface area contributed by atoms with Crippen molar-refractivity contribution in [1.82, 2.24) is 14.7 Å². The van der Waals surface area contributed by atoms with Crippen LogP contribution in [0.25, 0.3) is 0 Å². The van der Waals surface area contributed by atoms with Crippen molar-refractivity contribution in [2.24, 2.45) is 0 Å². The molecule has 2 rings (SSSR count). The Morgan fingerprint density at radius 3 is 2.94 bits per heavy atom. The van der Waals surface area contributed by atoms with E-state index in [1.807, 2.05) is 4.90 Å². The Bertz CT molecular complexity index is 356. The molecule has 1 aromatic rings. The highest BCUT2D eigenvalue weighted by atomic mass is 16.5. The molecule has 0 saturated carbocycles. The summed E-state index contributed by atoms with van der Waals surface area (Å²) in [6.45, 7) is 5.48. The van der Waals surface area contributed by atoms with Gasteiger partial charge in [-0.25, -0.2) is 0 Å². The van der Waals surface area contributed by atoms with Crippen molar-refractivity contribution in [2.45, 2.75) is 19.9 Å². The van der Waals surface area contributed by atoms with Gasteiger partial charge in [-0.2, -0.15) is 5.10 Å². The zero-order valence-corrected chi connectivity index (χ0v) is 9.56. The summed E-state index contributed by atoms with van der Waals surface area (Å²) in [5, 5.41) is 4.16. The largest absolute Gasteiger partial charge is 0.378 e. The highest BCUT2D eigenvalue weighted by molar-refractivity contribution is 5.92. The van der Waals surface area contributed by atoms with E-state index in [1.165, 1.54) is 0 Å². The number of morpholine rings is 1. The Hall–Kier alpha value is -1.36. The van der Waals surface area contributed by atoms with Crippen LogP contribution in [-0.4, -0.2) is 46.9 Å². The average molecular weight is 223 g/mol. The predicted molar refractivity (Wildman–Crippen MR) is 59.2 cm³/mol. The van der Waals surface area contributed by atoms with Crippen molar-refractivity contribution in [3.05, 3.63) is 18.0 Å². The van der Waals surface area contributed by atoms with Crippen LogP contribution in [0.15, 0.2) is 12.3 Å². The number of aromatic nitrogens is 2. The lowest BCUT2D eigenvalue weighted by Gasteiger charge is -2.26. The molecule has 1 saturated heterocycles.